The fourth-order valence-corrected chi connectivity index (χ4v) is 5.09. The minimum absolute atomic E-state index is 0.0897. The summed E-state index contributed by atoms with van der Waals surface area (Å²) in [6, 6.07) is 13.3. The first-order chi connectivity index (χ1) is 14.8. The molecule has 2 aromatic rings. The van der Waals surface area contributed by atoms with Gasteiger partial charge in [-0.15, -0.1) is 11.8 Å². The number of nitriles is 1. The van der Waals surface area contributed by atoms with E-state index in [0.29, 0.717) is 27.3 Å². The molecule has 1 N–H and O–H groups in total. The van der Waals surface area contributed by atoms with Gasteiger partial charge in [0, 0.05) is 24.1 Å². The van der Waals surface area contributed by atoms with Crippen molar-refractivity contribution < 1.29 is 22.8 Å². The minimum atomic E-state index is -3.91. The zero-order valence-corrected chi connectivity index (χ0v) is 18.4. The zero-order chi connectivity index (χ0) is 22.6. The van der Waals surface area contributed by atoms with E-state index in [0.717, 1.165) is 0 Å². The molecule has 1 saturated heterocycles. The molecular formula is C20H20N4O5S2. The van der Waals surface area contributed by atoms with Gasteiger partial charge in [-0.3, -0.25) is 14.4 Å². The fraction of sp³-hybridized carbons (Fsp3) is 0.250. The smallest absolute Gasteiger partial charge is 0.264 e. The fourth-order valence-electron chi connectivity index (χ4n) is 2.92. The molecule has 0 spiro atoms. The number of hydrogen-bond donors (Lipinski definition) is 1. The van der Waals surface area contributed by atoms with Crippen LogP contribution in [0.2, 0.25) is 0 Å². The van der Waals surface area contributed by atoms with Crippen LogP contribution in [-0.2, 0) is 19.7 Å². The standard InChI is InChI=1S/C20H20N4O5S2/c1-23(29-2)31(27,28)17-5-3-4-15(10-17)20(26)24-13-30-12-18(24)19(25)22-16-8-6-14(11-21)7-9-16/h3-10,18H,12-13H2,1-2H3,(H,22,25). The van der Waals surface area contributed by atoms with Gasteiger partial charge in [-0.05, 0) is 42.5 Å². The molecule has 0 saturated carbocycles. The van der Waals surface area contributed by atoms with Crippen LogP contribution in [0.15, 0.2) is 53.4 Å². The average Bonchev–Trinajstić information content (AvgIpc) is 3.28. The molecular weight excluding hydrogens is 440 g/mol. The number of hydrogen-bond acceptors (Lipinski definition) is 7. The van der Waals surface area contributed by atoms with Gasteiger partial charge in [-0.2, -0.15) is 5.26 Å². The van der Waals surface area contributed by atoms with Crippen LogP contribution in [0.1, 0.15) is 15.9 Å². The summed E-state index contributed by atoms with van der Waals surface area (Å²) in [6.45, 7) is 0. The molecule has 31 heavy (non-hydrogen) atoms. The Labute approximate surface area is 184 Å². The van der Waals surface area contributed by atoms with Gasteiger partial charge in [0.25, 0.3) is 15.9 Å². The minimum Gasteiger partial charge on any atom is -0.324 e. The first-order valence-corrected chi connectivity index (χ1v) is 11.7. The van der Waals surface area contributed by atoms with Crippen LogP contribution in [0.4, 0.5) is 5.69 Å². The van der Waals surface area contributed by atoms with Gasteiger partial charge in [0.1, 0.15) is 6.04 Å². The molecule has 2 aromatic carbocycles. The van der Waals surface area contributed by atoms with Crippen molar-refractivity contribution in [2.24, 2.45) is 0 Å². The van der Waals surface area contributed by atoms with Crippen LogP contribution in [0.3, 0.4) is 0 Å². The summed E-state index contributed by atoms with van der Waals surface area (Å²) in [4.78, 5) is 31.9. The normalized spacial score (nSPS) is 16.2. The molecule has 1 aliphatic rings. The van der Waals surface area contributed by atoms with Crippen LogP contribution >= 0.6 is 11.8 Å². The number of carbonyl (C=O) groups is 2. The predicted molar refractivity (Wildman–Crippen MR) is 115 cm³/mol. The van der Waals surface area contributed by atoms with Crippen LogP contribution in [0.5, 0.6) is 0 Å². The van der Waals surface area contributed by atoms with Gasteiger partial charge in [0.2, 0.25) is 5.91 Å². The molecule has 3 rings (SSSR count). The lowest BCUT2D eigenvalue weighted by Crippen LogP contribution is -2.44. The highest BCUT2D eigenvalue weighted by molar-refractivity contribution is 7.99. The number of hydroxylamine groups is 1. The first kappa shape index (κ1) is 22.8. The highest BCUT2D eigenvalue weighted by Crippen LogP contribution is 2.26. The van der Waals surface area contributed by atoms with Crippen LogP contribution in [-0.4, -0.2) is 61.4 Å². The third-order valence-corrected chi connectivity index (χ3v) is 7.39. The lowest BCUT2D eigenvalue weighted by atomic mass is 10.1. The number of nitrogens with zero attached hydrogens (tertiary/aromatic N) is 3. The Balaban J connectivity index is 1.79. The second-order valence-corrected chi connectivity index (χ2v) is 9.53. The maximum atomic E-state index is 13.1. The SMILES string of the molecule is CON(C)S(=O)(=O)c1cccc(C(=O)N2CSCC2C(=O)Nc2ccc(C#N)cc2)c1. The van der Waals surface area contributed by atoms with Gasteiger partial charge in [-0.25, -0.2) is 8.42 Å². The number of amides is 2. The summed E-state index contributed by atoms with van der Waals surface area (Å²) in [6.07, 6.45) is 0. The largest absolute Gasteiger partial charge is 0.324 e. The lowest BCUT2D eigenvalue weighted by Gasteiger charge is -2.23. The Kier molecular flexibility index (Phi) is 6.97. The maximum absolute atomic E-state index is 13.1. The van der Waals surface area contributed by atoms with E-state index in [-0.39, 0.29) is 16.4 Å². The summed E-state index contributed by atoms with van der Waals surface area (Å²) >= 11 is 1.43. The van der Waals surface area contributed by atoms with E-state index in [9.17, 15) is 18.0 Å². The molecule has 0 aromatic heterocycles. The van der Waals surface area contributed by atoms with Gasteiger partial charge in [0.05, 0.1) is 29.5 Å². The Morgan fingerprint density at radius 3 is 2.61 bits per heavy atom. The molecule has 0 bridgehead atoms. The molecule has 1 atom stereocenters. The molecule has 0 radical (unpaired) electrons. The number of nitrogens with one attached hydrogen (secondary N) is 1. The third-order valence-electron chi connectivity index (χ3n) is 4.70. The average molecular weight is 461 g/mol. The molecule has 11 heteroatoms. The number of carbonyl (C=O) groups excluding carboxylic acids is 2. The second kappa shape index (κ2) is 9.49. The molecule has 9 nitrogen and oxygen atoms in total. The number of sulfonamides is 1. The van der Waals surface area contributed by atoms with Crippen LogP contribution < -0.4 is 5.32 Å². The van der Waals surface area contributed by atoms with Gasteiger partial charge in [-0.1, -0.05) is 10.5 Å². The quantitative estimate of drug-likeness (QED) is 0.654. The molecule has 1 unspecified atom stereocenters. The topological polar surface area (TPSA) is 120 Å². The molecule has 1 aliphatic heterocycles. The van der Waals surface area contributed by atoms with E-state index >= 15 is 0 Å². The van der Waals surface area contributed by atoms with Gasteiger partial charge >= 0.3 is 0 Å². The maximum Gasteiger partial charge on any atom is 0.264 e. The third kappa shape index (κ3) is 4.88. The van der Waals surface area contributed by atoms with Gasteiger partial charge in [0.15, 0.2) is 0 Å². The summed E-state index contributed by atoms with van der Waals surface area (Å²) in [5, 5.41) is 11.6. The van der Waals surface area contributed by atoms with Crippen molar-refractivity contribution in [1.82, 2.24) is 9.37 Å². The molecule has 162 valence electrons. The number of thioether (sulfide) groups is 1. The summed E-state index contributed by atoms with van der Waals surface area (Å²) in [5.41, 5.74) is 1.15. The van der Waals surface area contributed by atoms with E-state index in [1.165, 1.54) is 55.1 Å². The highest BCUT2D eigenvalue weighted by atomic mass is 32.2. The summed E-state index contributed by atoms with van der Waals surface area (Å²) < 4.78 is 25.6. The lowest BCUT2D eigenvalue weighted by molar-refractivity contribution is -0.119. The monoisotopic (exact) mass is 460 g/mol. The van der Waals surface area contributed by atoms with E-state index in [1.807, 2.05) is 6.07 Å². The highest BCUT2D eigenvalue weighted by Gasteiger charge is 2.35. The first-order valence-electron chi connectivity index (χ1n) is 9.10. The predicted octanol–water partition coefficient (Wildman–Crippen LogP) is 1.89. The van der Waals surface area contributed by atoms with Crippen molar-refractivity contribution in [2.45, 2.75) is 10.9 Å². The second-order valence-electron chi connectivity index (χ2n) is 6.59. The van der Waals surface area contributed by atoms with Crippen molar-refractivity contribution in [3.63, 3.8) is 0 Å². The van der Waals surface area contributed by atoms with E-state index in [1.54, 1.807) is 24.3 Å². The van der Waals surface area contributed by atoms with Crippen LogP contribution in [0.25, 0.3) is 0 Å². The number of rotatable bonds is 6. The number of anilines is 1. The van der Waals surface area contributed by atoms with Crippen molar-refractivity contribution in [1.29, 1.82) is 5.26 Å². The van der Waals surface area contributed by atoms with Crippen molar-refractivity contribution >= 4 is 39.3 Å². The molecule has 2 amide bonds. The van der Waals surface area contributed by atoms with Crippen LogP contribution in [0, 0.1) is 11.3 Å². The summed E-state index contributed by atoms with van der Waals surface area (Å²) in [7, 11) is -1.43. The zero-order valence-electron chi connectivity index (χ0n) is 16.8. The van der Waals surface area contributed by atoms with Crippen molar-refractivity contribution in [2.75, 3.05) is 31.1 Å². The van der Waals surface area contributed by atoms with E-state index in [2.05, 4.69) is 5.32 Å². The Morgan fingerprint density at radius 2 is 1.97 bits per heavy atom. The van der Waals surface area contributed by atoms with Gasteiger partial charge < -0.3 is 10.2 Å². The van der Waals surface area contributed by atoms with E-state index < -0.39 is 22.0 Å². The van der Waals surface area contributed by atoms with Crippen molar-refractivity contribution in [3.05, 3.63) is 59.7 Å². The molecule has 0 aliphatic carbocycles. The Bertz CT molecular complexity index is 1130. The summed E-state index contributed by atoms with van der Waals surface area (Å²) in [5.74, 6) is -0.0784. The Hall–Kier alpha value is -2.91. The molecule has 1 fully saturated rings. The van der Waals surface area contributed by atoms with E-state index in [4.69, 9.17) is 10.1 Å². The Morgan fingerprint density at radius 1 is 1.26 bits per heavy atom. The van der Waals surface area contributed by atoms with Crippen molar-refractivity contribution in [3.8, 4) is 6.07 Å². The number of benzene rings is 2. The molecule has 1 heterocycles.